The first kappa shape index (κ1) is 17.4. The molecule has 0 spiro atoms. The van der Waals surface area contributed by atoms with Gasteiger partial charge in [0.1, 0.15) is 0 Å². The van der Waals surface area contributed by atoms with Gasteiger partial charge in [0.05, 0.1) is 17.8 Å². The Hall–Kier alpha value is -2.47. The predicted molar refractivity (Wildman–Crippen MR) is 98.8 cm³/mol. The minimum atomic E-state index is -0.438. The highest BCUT2D eigenvalue weighted by Crippen LogP contribution is 2.27. The lowest BCUT2D eigenvalue weighted by molar-refractivity contribution is 0.0519. The number of hydrogen-bond acceptors (Lipinski definition) is 6. The number of rotatable bonds is 6. The molecule has 0 atom stereocenters. The van der Waals surface area contributed by atoms with Crippen molar-refractivity contribution in [2.45, 2.75) is 25.8 Å². The van der Waals surface area contributed by atoms with Gasteiger partial charge in [-0.25, -0.2) is 4.79 Å². The number of fused-ring (bicyclic) bond motifs is 1. The molecule has 0 radical (unpaired) electrons. The molecule has 1 aliphatic rings. The molecule has 132 valence electrons. The monoisotopic (exact) mass is 340 g/mol. The lowest BCUT2D eigenvalue weighted by atomic mass is 10.0. The Bertz CT molecular complexity index is 754. The van der Waals surface area contributed by atoms with Crippen molar-refractivity contribution in [2.75, 3.05) is 31.6 Å². The highest BCUT2D eigenvalue weighted by atomic mass is 16.5. The molecule has 0 aliphatic carbocycles. The van der Waals surface area contributed by atoms with Gasteiger partial charge in [0, 0.05) is 31.1 Å². The van der Waals surface area contributed by atoms with Crippen molar-refractivity contribution in [3.8, 4) is 0 Å². The molecule has 0 amide bonds. The normalized spacial score (nSPS) is 15.9. The van der Waals surface area contributed by atoms with Gasteiger partial charge in [0.15, 0.2) is 5.69 Å². The van der Waals surface area contributed by atoms with Crippen molar-refractivity contribution in [3.63, 3.8) is 0 Å². The van der Waals surface area contributed by atoms with E-state index in [0.29, 0.717) is 12.6 Å². The van der Waals surface area contributed by atoms with Gasteiger partial charge in [-0.15, -0.1) is 16.8 Å². The number of nitrogens with one attached hydrogen (secondary N) is 1. The summed E-state index contributed by atoms with van der Waals surface area (Å²) in [5.74, 6) is -0.438. The molecular weight excluding hydrogens is 316 g/mol. The SMILES string of the molecule is C=CCN1CCC(Nc2c(C(=O)OCC)nnc3ccccc23)CC1. The van der Waals surface area contributed by atoms with Crippen LogP contribution in [0.25, 0.3) is 10.9 Å². The molecule has 3 rings (SSSR count). The second kappa shape index (κ2) is 8.07. The summed E-state index contributed by atoms with van der Waals surface area (Å²) in [5, 5.41) is 12.7. The smallest absolute Gasteiger partial charge is 0.361 e. The van der Waals surface area contributed by atoms with Crippen LogP contribution in [0.15, 0.2) is 36.9 Å². The van der Waals surface area contributed by atoms with Gasteiger partial charge in [0.25, 0.3) is 0 Å². The Morgan fingerprint density at radius 2 is 2.12 bits per heavy atom. The van der Waals surface area contributed by atoms with Gasteiger partial charge in [-0.3, -0.25) is 4.90 Å². The quantitative estimate of drug-likeness (QED) is 0.644. The van der Waals surface area contributed by atoms with E-state index in [0.717, 1.165) is 49.1 Å². The molecule has 0 unspecified atom stereocenters. The van der Waals surface area contributed by atoms with Crippen molar-refractivity contribution in [1.29, 1.82) is 0 Å². The number of hydrogen-bond donors (Lipinski definition) is 1. The standard InChI is InChI=1S/C19H24N4O2/c1-3-11-23-12-9-14(10-13-23)20-17-15-7-5-6-8-16(15)21-22-18(17)19(24)25-4-2/h3,5-8,14H,1,4,9-13H2,2H3,(H,20,21). The largest absolute Gasteiger partial charge is 0.461 e. The zero-order valence-electron chi connectivity index (χ0n) is 14.6. The number of likely N-dealkylation sites (tertiary alicyclic amines) is 1. The minimum absolute atomic E-state index is 0.258. The van der Waals surface area contributed by atoms with Crippen molar-refractivity contribution in [1.82, 2.24) is 15.1 Å². The van der Waals surface area contributed by atoms with Crippen LogP contribution in [-0.4, -0.2) is 53.3 Å². The topological polar surface area (TPSA) is 67.4 Å². The summed E-state index contributed by atoms with van der Waals surface area (Å²) in [6.45, 7) is 8.83. The number of carbonyl (C=O) groups is 1. The summed E-state index contributed by atoms with van der Waals surface area (Å²) in [5.41, 5.74) is 1.75. The second-order valence-corrected chi connectivity index (χ2v) is 6.17. The van der Waals surface area contributed by atoms with Gasteiger partial charge < -0.3 is 10.1 Å². The fraction of sp³-hybridized carbons (Fsp3) is 0.421. The average molecular weight is 340 g/mol. The molecule has 1 fully saturated rings. The number of ether oxygens (including phenoxy) is 1. The van der Waals surface area contributed by atoms with Crippen LogP contribution in [0.5, 0.6) is 0 Å². The lowest BCUT2D eigenvalue weighted by Crippen LogP contribution is -2.39. The first-order chi connectivity index (χ1) is 12.2. The maximum absolute atomic E-state index is 12.3. The fourth-order valence-electron chi connectivity index (χ4n) is 3.19. The summed E-state index contributed by atoms with van der Waals surface area (Å²) in [7, 11) is 0. The van der Waals surface area contributed by atoms with Crippen molar-refractivity contribution >= 4 is 22.6 Å². The number of piperidine rings is 1. The van der Waals surface area contributed by atoms with Crippen LogP contribution < -0.4 is 5.32 Å². The Morgan fingerprint density at radius 1 is 1.36 bits per heavy atom. The van der Waals surface area contributed by atoms with E-state index in [1.807, 2.05) is 30.3 Å². The number of nitrogens with zero attached hydrogens (tertiary/aromatic N) is 3. The summed E-state index contributed by atoms with van der Waals surface area (Å²) in [4.78, 5) is 14.7. The molecule has 6 nitrogen and oxygen atoms in total. The molecule has 1 N–H and O–H groups in total. The number of esters is 1. The molecule has 1 aromatic heterocycles. The number of carbonyl (C=O) groups excluding carboxylic acids is 1. The average Bonchev–Trinajstić information content (AvgIpc) is 2.64. The van der Waals surface area contributed by atoms with Crippen molar-refractivity contribution in [3.05, 3.63) is 42.6 Å². The van der Waals surface area contributed by atoms with Crippen LogP contribution in [0.3, 0.4) is 0 Å². The van der Waals surface area contributed by atoms with Crippen molar-refractivity contribution in [2.24, 2.45) is 0 Å². The van der Waals surface area contributed by atoms with Gasteiger partial charge in [-0.2, -0.15) is 0 Å². The summed E-state index contributed by atoms with van der Waals surface area (Å²) >= 11 is 0. The zero-order valence-corrected chi connectivity index (χ0v) is 14.6. The second-order valence-electron chi connectivity index (χ2n) is 6.17. The van der Waals surface area contributed by atoms with Crippen LogP contribution in [0.1, 0.15) is 30.3 Å². The predicted octanol–water partition coefficient (Wildman–Crippen LogP) is 2.87. The summed E-state index contributed by atoms with van der Waals surface area (Å²) in [6, 6.07) is 8.01. The van der Waals surface area contributed by atoms with E-state index in [4.69, 9.17) is 4.74 Å². The van der Waals surface area contributed by atoms with Gasteiger partial charge in [0.2, 0.25) is 0 Å². The Labute approximate surface area is 147 Å². The molecule has 0 bridgehead atoms. The first-order valence-electron chi connectivity index (χ1n) is 8.75. The third kappa shape index (κ3) is 3.96. The van der Waals surface area contributed by atoms with Crippen LogP contribution >= 0.6 is 0 Å². The van der Waals surface area contributed by atoms with E-state index in [1.165, 1.54) is 0 Å². The number of anilines is 1. The third-order valence-electron chi connectivity index (χ3n) is 4.46. The van der Waals surface area contributed by atoms with Crippen LogP contribution in [0.2, 0.25) is 0 Å². The van der Waals surface area contributed by atoms with Gasteiger partial charge in [-0.05, 0) is 25.8 Å². The van der Waals surface area contributed by atoms with E-state index in [-0.39, 0.29) is 5.69 Å². The molecule has 6 heteroatoms. The Kier molecular flexibility index (Phi) is 5.60. The molecule has 2 heterocycles. The highest BCUT2D eigenvalue weighted by molar-refractivity contribution is 6.03. The van der Waals surface area contributed by atoms with E-state index in [1.54, 1.807) is 6.92 Å². The first-order valence-corrected chi connectivity index (χ1v) is 8.75. The van der Waals surface area contributed by atoms with Crippen LogP contribution in [0.4, 0.5) is 5.69 Å². The Morgan fingerprint density at radius 3 is 2.84 bits per heavy atom. The maximum atomic E-state index is 12.3. The van der Waals surface area contributed by atoms with E-state index in [9.17, 15) is 4.79 Å². The molecule has 25 heavy (non-hydrogen) atoms. The number of benzene rings is 1. The third-order valence-corrected chi connectivity index (χ3v) is 4.46. The van der Waals surface area contributed by atoms with E-state index >= 15 is 0 Å². The summed E-state index contributed by atoms with van der Waals surface area (Å²) < 4.78 is 5.15. The van der Waals surface area contributed by atoms with Crippen LogP contribution in [-0.2, 0) is 4.74 Å². The van der Waals surface area contributed by atoms with Gasteiger partial charge in [-0.1, -0.05) is 24.3 Å². The number of aromatic nitrogens is 2. The van der Waals surface area contributed by atoms with Gasteiger partial charge >= 0.3 is 5.97 Å². The Balaban J connectivity index is 1.87. The molecule has 2 aromatic rings. The maximum Gasteiger partial charge on any atom is 0.361 e. The molecule has 1 aliphatic heterocycles. The molecule has 1 saturated heterocycles. The van der Waals surface area contributed by atoms with E-state index in [2.05, 4.69) is 27.0 Å². The molecular formula is C19H24N4O2. The summed E-state index contributed by atoms with van der Waals surface area (Å²) in [6.07, 6.45) is 3.95. The zero-order chi connectivity index (χ0) is 17.6. The fourth-order valence-corrected chi connectivity index (χ4v) is 3.19. The minimum Gasteiger partial charge on any atom is -0.461 e. The molecule has 0 saturated carbocycles. The highest BCUT2D eigenvalue weighted by Gasteiger charge is 2.23. The van der Waals surface area contributed by atoms with Crippen molar-refractivity contribution < 1.29 is 9.53 Å². The molecule has 1 aromatic carbocycles. The lowest BCUT2D eigenvalue weighted by Gasteiger charge is -2.32. The van der Waals surface area contributed by atoms with E-state index < -0.39 is 5.97 Å². The van der Waals surface area contributed by atoms with Crippen LogP contribution in [0, 0.1) is 0 Å².